The smallest absolute Gasteiger partial charge is 0.312 e. The molecule has 0 fully saturated rings. The number of alkyl halides is 3. The number of hydrogen-bond donors (Lipinski definition) is 1. The predicted molar refractivity (Wildman–Crippen MR) is 78.7 cm³/mol. The molecule has 0 amide bonds. The fraction of sp³-hybridized carbons (Fsp3) is 0.600. The van der Waals surface area contributed by atoms with Crippen molar-refractivity contribution in [1.82, 2.24) is 5.32 Å². The summed E-state index contributed by atoms with van der Waals surface area (Å²) in [5, 5.41) is 3.35. The Hall–Kier alpha value is -0.680. The fourth-order valence-corrected chi connectivity index (χ4v) is 2.09. The van der Waals surface area contributed by atoms with Gasteiger partial charge >= 0.3 is 5.51 Å². The van der Waals surface area contributed by atoms with Crippen molar-refractivity contribution < 1.29 is 13.2 Å². The summed E-state index contributed by atoms with van der Waals surface area (Å²) in [7, 11) is 0. The van der Waals surface area contributed by atoms with Crippen LogP contribution in [0, 0.1) is 11.3 Å². The van der Waals surface area contributed by atoms with Gasteiger partial charge in [0.25, 0.3) is 0 Å². The van der Waals surface area contributed by atoms with Crippen LogP contribution in [-0.4, -0.2) is 12.1 Å². The first-order valence-electron chi connectivity index (χ1n) is 6.63. The zero-order chi connectivity index (χ0) is 15.4. The highest BCUT2D eigenvalue weighted by atomic mass is 32.2. The first-order chi connectivity index (χ1) is 9.08. The summed E-state index contributed by atoms with van der Waals surface area (Å²) < 4.78 is 36.6. The van der Waals surface area contributed by atoms with Gasteiger partial charge in [0, 0.05) is 11.4 Å². The maximum absolute atomic E-state index is 12.2. The molecule has 1 aromatic rings. The predicted octanol–water partition coefficient (Wildman–Crippen LogP) is 5.07. The van der Waals surface area contributed by atoms with Gasteiger partial charge in [-0.1, -0.05) is 39.8 Å². The van der Waals surface area contributed by atoms with Gasteiger partial charge in [-0.15, -0.1) is 0 Å². The molecule has 20 heavy (non-hydrogen) atoms. The van der Waals surface area contributed by atoms with Gasteiger partial charge in [0.15, 0.2) is 0 Å². The Kier molecular flexibility index (Phi) is 5.95. The second-order valence-electron chi connectivity index (χ2n) is 6.09. The third-order valence-corrected chi connectivity index (χ3v) is 4.15. The Morgan fingerprint density at radius 2 is 1.65 bits per heavy atom. The monoisotopic (exact) mass is 305 g/mol. The Bertz CT molecular complexity index is 407. The molecule has 1 unspecified atom stereocenters. The van der Waals surface area contributed by atoms with Crippen molar-refractivity contribution in [3.63, 3.8) is 0 Å². The number of rotatable bonds is 5. The Morgan fingerprint density at radius 1 is 1.10 bits per heavy atom. The minimum atomic E-state index is -4.22. The van der Waals surface area contributed by atoms with Crippen LogP contribution in [0.3, 0.4) is 0 Å². The molecule has 1 aromatic carbocycles. The van der Waals surface area contributed by atoms with Gasteiger partial charge in [-0.25, -0.2) is 0 Å². The lowest BCUT2D eigenvalue weighted by molar-refractivity contribution is -0.0328. The molecule has 0 aliphatic carbocycles. The molecule has 1 N–H and O–H groups in total. The normalized spacial score (nSPS) is 14.3. The summed E-state index contributed by atoms with van der Waals surface area (Å²) in [4.78, 5) is 0.226. The van der Waals surface area contributed by atoms with E-state index in [2.05, 4.69) is 33.0 Å². The van der Waals surface area contributed by atoms with Gasteiger partial charge in [-0.05, 0) is 47.3 Å². The van der Waals surface area contributed by atoms with Gasteiger partial charge in [0.05, 0.1) is 0 Å². The number of halogens is 3. The molecule has 5 heteroatoms. The maximum Gasteiger partial charge on any atom is 0.446 e. The van der Waals surface area contributed by atoms with Gasteiger partial charge in [0.2, 0.25) is 0 Å². The zero-order valence-electron chi connectivity index (χ0n) is 12.3. The molecule has 1 atom stereocenters. The standard InChI is InChI=1S/C15H22F3NS/c1-11(14(2,3)4)9-19-10-12-5-7-13(8-6-12)20-15(16,17)18/h5-8,11,19H,9-10H2,1-4H3. The lowest BCUT2D eigenvalue weighted by Gasteiger charge is -2.27. The van der Waals surface area contributed by atoms with Crippen molar-refractivity contribution in [3.8, 4) is 0 Å². The molecule has 0 aliphatic heterocycles. The second-order valence-corrected chi connectivity index (χ2v) is 7.23. The zero-order valence-corrected chi connectivity index (χ0v) is 13.2. The molecule has 0 saturated carbocycles. The van der Waals surface area contributed by atoms with Crippen LogP contribution in [0.5, 0.6) is 0 Å². The third kappa shape index (κ3) is 6.66. The van der Waals surface area contributed by atoms with Crippen LogP contribution in [0.2, 0.25) is 0 Å². The minimum Gasteiger partial charge on any atom is -0.312 e. The number of thioether (sulfide) groups is 1. The average Bonchev–Trinajstić information content (AvgIpc) is 2.28. The van der Waals surface area contributed by atoms with Crippen molar-refractivity contribution in [2.45, 2.75) is 44.6 Å². The highest BCUT2D eigenvalue weighted by Crippen LogP contribution is 2.36. The molecule has 0 bridgehead atoms. The Morgan fingerprint density at radius 3 is 2.10 bits per heavy atom. The average molecular weight is 305 g/mol. The number of benzene rings is 1. The minimum absolute atomic E-state index is 0.0789. The quantitative estimate of drug-likeness (QED) is 0.762. The molecule has 0 aromatic heterocycles. The van der Waals surface area contributed by atoms with Crippen LogP contribution >= 0.6 is 11.8 Å². The first kappa shape index (κ1) is 17.4. The van der Waals surface area contributed by atoms with E-state index in [-0.39, 0.29) is 22.1 Å². The van der Waals surface area contributed by atoms with E-state index < -0.39 is 5.51 Å². The molecule has 0 radical (unpaired) electrons. The van der Waals surface area contributed by atoms with E-state index in [0.717, 1.165) is 12.1 Å². The molecule has 0 aliphatic rings. The number of nitrogens with one attached hydrogen (secondary N) is 1. The van der Waals surface area contributed by atoms with Gasteiger partial charge in [-0.3, -0.25) is 0 Å². The van der Waals surface area contributed by atoms with E-state index >= 15 is 0 Å². The van der Waals surface area contributed by atoms with E-state index in [1.807, 2.05) is 0 Å². The van der Waals surface area contributed by atoms with Crippen molar-refractivity contribution in [2.75, 3.05) is 6.54 Å². The molecule has 0 heterocycles. The Balaban J connectivity index is 2.43. The van der Waals surface area contributed by atoms with Crippen molar-refractivity contribution in [3.05, 3.63) is 29.8 Å². The van der Waals surface area contributed by atoms with Crippen LogP contribution < -0.4 is 5.32 Å². The molecular formula is C15H22F3NS. The molecule has 0 spiro atoms. The summed E-state index contributed by atoms with van der Waals surface area (Å²) in [5.41, 5.74) is -2.97. The van der Waals surface area contributed by atoms with Gasteiger partial charge < -0.3 is 5.32 Å². The van der Waals surface area contributed by atoms with Crippen molar-refractivity contribution >= 4 is 11.8 Å². The first-order valence-corrected chi connectivity index (χ1v) is 7.45. The van der Waals surface area contributed by atoms with Crippen LogP contribution in [0.1, 0.15) is 33.3 Å². The summed E-state index contributed by atoms with van der Waals surface area (Å²) in [6, 6.07) is 6.51. The van der Waals surface area contributed by atoms with Crippen LogP contribution in [0.25, 0.3) is 0 Å². The molecule has 0 saturated heterocycles. The fourth-order valence-electron chi connectivity index (χ4n) is 1.55. The maximum atomic E-state index is 12.2. The van der Waals surface area contributed by atoms with E-state index in [4.69, 9.17) is 0 Å². The second kappa shape index (κ2) is 6.85. The molecule has 1 nitrogen and oxygen atoms in total. The highest BCUT2D eigenvalue weighted by Gasteiger charge is 2.28. The topological polar surface area (TPSA) is 12.0 Å². The largest absolute Gasteiger partial charge is 0.446 e. The summed E-state index contributed by atoms with van der Waals surface area (Å²) in [6.07, 6.45) is 0. The van der Waals surface area contributed by atoms with E-state index in [1.165, 1.54) is 12.1 Å². The summed E-state index contributed by atoms with van der Waals surface area (Å²) >= 11 is -0.0789. The van der Waals surface area contributed by atoms with E-state index in [1.54, 1.807) is 12.1 Å². The van der Waals surface area contributed by atoms with Gasteiger partial charge in [0.1, 0.15) is 0 Å². The number of hydrogen-bond acceptors (Lipinski definition) is 2. The van der Waals surface area contributed by atoms with E-state index in [0.29, 0.717) is 12.5 Å². The van der Waals surface area contributed by atoms with E-state index in [9.17, 15) is 13.2 Å². The van der Waals surface area contributed by atoms with Gasteiger partial charge in [-0.2, -0.15) is 13.2 Å². The summed E-state index contributed by atoms with van der Waals surface area (Å²) in [5.74, 6) is 0.530. The SMILES string of the molecule is CC(CNCc1ccc(SC(F)(F)F)cc1)C(C)(C)C. The Labute approximate surface area is 123 Å². The highest BCUT2D eigenvalue weighted by molar-refractivity contribution is 8.00. The molecule has 1 rings (SSSR count). The third-order valence-electron chi connectivity index (χ3n) is 3.41. The van der Waals surface area contributed by atoms with Crippen molar-refractivity contribution in [1.29, 1.82) is 0 Å². The van der Waals surface area contributed by atoms with Crippen LogP contribution in [0.15, 0.2) is 29.2 Å². The lowest BCUT2D eigenvalue weighted by atomic mass is 9.82. The molecular weight excluding hydrogens is 283 g/mol. The van der Waals surface area contributed by atoms with Crippen LogP contribution in [-0.2, 0) is 6.54 Å². The lowest BCUT2D eigenvalue weighted by Crippen LogP contribution is -2.29. The van der Waals surface area contributed by atoms with Crippen LogP contribution in [0.4, 0.5) is 13.2 Å². The van der Waals surface area contributed by atoms with Crippen molar-refractivity contribution in [2.24, 2.45) is 11.3 Å². The molecule has 114 valence electrons. The summed E-state index contributed by atoms with van der Waals surface area (Å²) in [6.45, 7) is 10.4.